The molecule has 1 heterocycles. The van der Waals surface area contributed by atoms with E-state index in [1.165, 1.54) is 6.20 Å². The van der Waals surface area contributed by atoms with Crippen LogP contribution in [-0.2, 0) is 0 Å². The van der Waals surface area contributed by atoms with Crippen LogP contribution >= 0.6 is 11.6 Å². The van der Waals surface area contributed by atoms with Crippen LogP contribution in [0.1, 0.15) is 12.6 Å². The van der Waals surface area contributed by atoms with Crippen LogP contribution in [0.4, 0.5) is 0 Å². The van der Waals surface area contributed by atoms with Crippen LogP contribution in [0.5, 0.6) is 0 Å². The highest BCUT2D eigenvalue weighted by Crippen LogP contribution is 1.99. The minimum absolute atomic E-state index is 0.390. The van der Waals surface area contributed by atoms with Crippen molar-refractivity contribution in [3.05, 3.63) is 23.2 Å². The van der Waals surface area contributed by atoms with Crippen molar-refractivity contribution < 1.29 is 0 Å². The van der Waals surface area contributed by atoms with Crippen molar-refractivity contribution in [3.63, 3.8) is 0 Å². The summed E-state index contributed by atoms with van der Waals surface area (Å²) in [7, 11) is 0. The lowest BCUT2D eigenvalue weighted by Gasteiger charge is -1.86. The third-order valence-corrected chi connectivity index (χ3v) is 1.07. The molecule has 0 fully saturated rings. The highest BCUT2D eigenvalue weighted by atomic mass is 35.5. The molecule has 0 aromatic carbocycles. The second kappa shape index (κ2) is 3.19. The van der Waals surface area contributed by atoms with E-state index in [2.05, 4.69) is 21.8 Å². The van der Waals surface area contributed by atoms with Gasteiger partial charge in [-0.3, -0.25) is 0 Å². The number of halogens is 1. The summed E-state index contributed by atoms with van der Waals surface area (Å²) in [6.07, 6.45) is 3.01. The van der Waals surface area contributed by atoms with E-state index in [9.17, 15) is 0 Å². The molecule has 10 heavy (non-hydrogen) atoms. The van der Waals surface area contributed by atoms with Crippen molar-refractivity contribution in [2.24, 2.45) is 0 Å². The minimum Gasteiger partial charge on any atom is -0.243 e. The van der Waals surface area contributed by atoms with Gasteiger partial charge in [0.1, 0.15) is 10.8 Å². The zero-order valence-electron chi connectivity index (χ0n) is 5.43. The Hall–Kier alpha value is -1.07. The summed E-state index contributed by atoms with van der Waals surface area (Å²) in [6, 6.07) is 0. The fourth-order valence-corrected chi connectivity index (χ4v) is 0.602. The fraction of sp³-hybridized carbons (Fsp3) is 0.143. The maximum absolute atomic E-state index is 5.49. The topological polar surface area (TPSA) is 25.8 Å². The van der Waals surface area contributed by atoms with Gasteiger partial charge < -0.3 is 0 Å². The molecule has 0 aliphatic carbocycles. The summed E-state index contributed by atoms with van der Waals surface area (Å²) >= 11 is 5.49. The first-order valence-corrected chi connectivity index (χ1v) is 3.11. The average Bonchev–Trinajstić information content (AvgIpc) is 1.95. The molecule has 0 atom stereocenters. The van der Waals surface area contributed by atoms with Crippen molar-refractivity contribution >= 4 is 11.6 Å². The quantitative estimate of drug-likeness (QED) is 0.527. The van der Waals surface area contributed by atoms with Gasteiger partial charge in [0.15, 0.2) is 0 Å². The number of hydrogen-bond donors (Lipinski definition) is 0. The predicted octanol–water partition coefficient (Wildman–Crippen LogP) is 1.50. The Morgan fingerprint density at radius 3 is 2.70 bits per heavy atom. The predicted molar refractivity (Wildman–Crippen MR) is 39.6 cm³/mol. The standard InChI is InChI=1S/C7H5ClN2/c1-2-3-6-4-10-7(8)5-9-6/h4-5H,1H3. The Kier molecular flexibility index (Phi) is 2.24. The summed E-state index contributed by atoms with van der Waals surface area (Å²) in [5.41, 5.74) is 0.645. The molecule has 0 amide bonds. The summed E-state index contributed by atoms with van der Waals surface area (Å²) in [4.78, 5) is 7.70. The van der Waals surface area contributed by atoms with E-state index >= 15 is 0 Å². The first-order chi connectivity index (χ1) is 4.83. The van der Waals surface area contributed by atoms with Crippen LogP contribution < -0.4 is 0 Å². The monoisotopic (exact) mass is 152 g/mol. The molecular formula is C7H5ClN2. The maximum Gasteiger partial charge on any atom is 0.147 e. The second-order valence-corrected chi connectivity index (χ2v) is 1.99. The van der Waals surface area contributed by atoms with Gasteiger partial charge in [-0.05, 0) is 12.8 Å². The number of nitrogens with zero attached hydrogens (tertiary/aromatic N) is 2. The van der Waals surface area contributed by atoms with Gasteiger partial charge in [0, 0.05) is 0 Å². The summed E-state index contributed by atoms with van der Waals surface area (Å²) in [6.45, 7) is 1.75. The van der Waals surface area contributed by atoms with Crippen LogP contribution in [0.25, 0.3) is 0 Å². The van der Waals surface area contributed by atoms with Gasteiger partial charge in [-0.2, -0.15) is 0 Å². The SMILES string of the molecule is CC#Cc1cnc(Cl)cn1. The largest absolute Gasteiger partial charge is 0.243 e. The Morgan fingerprint density at radius 2 is 2.20 bits per heavy atom. The molecule has 0 spiro atoms. The van der Waals surface area contributed by atoms with Gasteiger partial charge in [-0.1, -0.05) is 17.5 Å². The molecule has 50 valence electrons. The van der Waals surface area contributed by atoms with E-state index in [1.807, 2.05) is 0 Å². The minimum atomic E-state index is 0.390. The Labute approximate surface area is 64.3 Å². The summed E-state index contributed by atoms with van der Waals surface area (Å²) in [5, 5.41) is 0.390. The van der Waals surface area contributed by atoms with Gasteiger partial charge in [-0.25, -0.2) is 9.97 Å². The molecule has 0 aliphatic rings. The molecule has 0 saturated heterocycles. The maximum atomic E-state index is 5.49. The highest BCUT2D eigenvalue weighted by Gasteiger charge is 1.88. The Morgan fingerprint density at radius 1 is 1.40 bits per heavy atom. The van der Waals surface area contributed by atoms with Crippen molar-refractivity contribution in [2.75, 3.05) is 0 Å². The molecule has 1 rings (SSSR count). The van der Waals surface area contributed by atoms with Gasteiger partial charge >= 0.3 is 0 Å². The highest BCUT2D eigenvalue weighted by molar-refractivity contribution is 6.29. The second-order valence-electron chi connectivity index (χ2n) is 1.60. The van der Waals surface area contributed by atoms with E-state index < -0.39 is 0 Å². The lowest BCUT2D eigenvalue weighted by atomic mass is 10.4. The molecule has 0 N–H and O–H groups in total. The van der Waals surface area contributed by atoms with Crippen LogP contribution in [0.3, 0.4) is 0 Å². The molecule has 0 aliphatic heterocycles. The van der Waals surface area contributed by atoms with Gasteiger partial charge in [0.05, 0.1) is 12.4 Å². The van der Waals surface area contributed by atoms with E-state index in [0.717, 1.165) is 0 Å². The third-order valence-electron chi connectivity index (χ3n) is 0.873. The van der Waals surface area contributed by atoms with E-state index in [0.29, 0.717) is 10.8 Å². The lowest BCUT2D eigenvalue weighted by molar-refractivity contribution is 1.17. The molecular weight excluding hydrogens is 148 g/mol. The zero-order valence-corrected chi connectivity index (χ0v) is 6.18. The smallest absolute Gasteiger partial charge is 0.147 e. The normalized spacial score (nSPS) is 8.20. The van der Waals surface area contributed by atoms with Gasteiger partial charge in [0.25, 0.3) is 0 Å². The zero-order chi connectivity index (χ0) is 7.40. The molecule has 0 radical (unpaired) electrons. The fourth-order valence-electron chi connectivity index (χ4n) is 0.505. The molecule has 0 unspecified atom stereocenters. The van der Waals surface area contributed by atoms with Crippen LogP contribution in [-0.4, -0.2) is 9.97 Å². The first kappa shape index (κ1) is 7.04. The molecule has 1 aromatic heterocycles. The van der Waals surface area contributed by atoms with E-state index in [-0.39, 0.29) is 0 Å². The molecule has 1 aromatic rings. The molecule has 0 saturated carbocycles. The van der Waals surface area contributed by atoms with E-state index in [1.54, 1.807) is 13.1 Å². The van der Waals surface area contributed by atoms with Crippen molar-refractivity contribution in [1.29, 1.82) is 0 Å². The van der Waals surface area contributed by atoms with Crippen LogP contribution in [0, 0.1) is 11.8 Å². The average molecular weight is 153 g/mol. The van der Waals surface area contributed by atoms with Crippen LogP contribution in [0.15, 0.2) is 12.4 Å². The number of aromatic nitrogens is 2. The lowest BCUT2D eigenvalue weighted by Crippen LogP contribution is -1.83. The van der Waals surface area contributed by atoms with Crippen LogP contribution in [0.2, 0.25) is 5.15 Å². The van der Waals surface area contributed by atoms with Crippen molar-refractivity contribution in [2.45, 2.75) is 6.92 Å². The summed E-state index contributed by atoms with van der Waals surface area (Å²) < 4.78 is 0. The number of hydrogen-bond acceptors (Lipinski definition) is 2. The molecule has 3 heteroatoms. The Balaban J connectivity index is 2.97. The third kappa shape index (κ3) is 1.71. The Bertz CT molecular complexity index is 268. The number of rotatable bonds is 0. The van der Waals surface area contributed by atoms with E-state index in [4.69, 9.17) is 11.6 Å². The molecule has 2 nitrogen and oxygen atoms in total. The van der Waals surface area contributed by atoms with Crippen molar-refractivity contribution in [1.82, 2.24) is 9.97 Å². The van der Waals surface area contributed by atoms with Crippen molar-refractivity contribution in [3.8, 4) is 11.8 Å². The molecule has 0 bridgehead atoms. The van der Waals surface area contributed by atoms with Gasteiger partial charge in [0.2, 0.25) is 0 Å². The first-order valence-electron chi connectivity index (χ1n) is 2.73. The van der Waals surface area contributed by atoms with Gasteiger partial charge in [-0.15, -0.1) is 0 Å². The summed E-state index contributed by atoms with van der Waals surface area (Å²) in [5.74, 6) is 5.46.